The van der Waals surface area contributed by atoms with Crippen molar-refractivity contribution in [3.05, 3.63) is 29.6 Å². The minimum atomic E-state index is -0.695. The van der Waals surface area contributed by atoms with Crippen LogP contribution in [-0.2, 0) is 4.79 Å². The number of halogens is 1. The van der Waals surface area contributed by atoms with Crippen molar-refractivity contribution in [2.45, 2.75) is 38.3 Å². The van der Waals surface area contributed by atoms with Crippen LogP contribution in [-0.4, -0.2) is 30.1 Å². The Bertz CT molecular complexity index is 547. The quantitative estimate of drug-likeness (QED) is 0.876. The van der Waals surface area contributed by atoms with Crippen LogP contribution in [0.15, 0.2) is 18.2 Å². The molecule has 3 atom stereocenters. The van der Waals surface area contributed by atoms with Gasteiger partial charge >= 0.3 is 0 Å². The van der Waals surface area contributed by atoms with Gasteiger partial charge in [0, 0.05) is 36.8 Å². The maximum Gasteiger partial charge on any atom is 0.220 e. The van der Waals surface area contributed by atoms with Gasteiger partial charge in [-0.3, -0.25) is 4.79 Å². The van der Waals surface area contributed by atoms with Gasteiger partial charge in [-0.15, -0.1) is 0 Å². The Morgan fingerprint density at radius 3 is 3.00 bits per heavy atom. The first-order valence-electron chi connectivity index (χ1n) is 7.56. The third-order valence-corrected chi connectivity index (χ3v) is 4.60. The highest BCUT2D eigenvalue weighted by Crippen LogP contribution is 2.33. The topological polar surface area (TPSA) is 52.6 Å². The molecule has 0 saturated carbocycles. The average Bonchev–Trinajstić information content (AvgIpc) is 2.46. The maximum absolute atomic E-state index is 13.4. The number of benzene rings is 1. The number of rotatable bonds is 2. The molecule has 2 N–H and O–H groups in total. The average molecular weight is 292 g/mol. The van der Waals surface area contributed by atoms with Gasteiger partial charge in [-0.1, -0.05) is 0 Å². The molecule has 1 aromatic rings. The van der Waals surface area contributed by atoms with E-state index in [1.54, 1.807) is 13.0 Å². The Balaban J connectivity index is 1.81. The Morgan fingerprint density at radius 2 is 2.24 bits per heavy atom. The van der Waals surface area contributed by atoms with E-state index in [1.807, 2.05) is 0 Å². The minimum Gasteiger partial charge on any atom is -0.389 e. The molecule has 0 spiro atoms. The van der Waals surface area contributed by atoms with Crippen molar-refractivity contribution in [3.8, 4) is 0 Å². The first-order chi connectivity index (χ1) is 10.0. The number of aliphatic hydroxyl groups excluding tert-OH is 1. The van der Waals surface area contributed by atoms with E-state index in [-0.39, 0.29) is 17.8 Å². The summed E-state index contributed by atoms with van der Waals surface area (Å²) in [5, 5.41) is 12.9. The molecule has 2 fully saturated rings. The summed E-state index contributed by atoms with van der Waals surface area (Å²) in [5.74, 6) is 0.258. The predicted octanol–water partition coefficient (Wildman–Crippen LogP) is 1.98. The first kappa shape index (κ1) is 14.3. The molecule has 2 saturated heterocycles. The number of hydrogen-bond acceptors (Lipinski definition) is 3. The Kier molecular flexibility index (Phi) is 3.85. The molecule has 0 bridgehead atoms. The van der Waals surface area contributed by atoms with E-state index in [4.69, 9.17) is 0 Å². The second kappa shape index (κ2) is 5.64. The molecule has 5 heteroatoms. The van der Waals surface area contributed by atoms with Crippen LogP contribution in [0, 0.1) is 11.7 Å². The van der Waals surface area contributed by atoms with Crippen LogP contribution < -0.4 is 10.2 Å². The summed E-state index contributed by atoms with van der Waals surface area (Å²) in [4.78, 5) is 13.7. The zero-order chi connectivity index (χ0) is 15.0. The smallest absolute Gasteiger partial charge is 0.220 e. The Hall–Kier alpha value is -1.62. The first-order valence-corrected chi connectivity index (χ1v) is 7.56. The van der Waals surface area contributed by atoms with Crippen LogP contribution in [0.2, 0.25) is 0 Å². The lowest BCUT2D eigenvalue weighted by atomic mass is 9.84. The van der Waals surface area contributed by atoms with E-state index in [9.17, 15) is 14.3 Å². The highest BCUT2D eigenvalue weighted by molar-refractivity contribution is 5.77. The molecule has 2 unspecified atom stereocenters. The fourth-order valence-corrected chi connectivity index (χ4v) is 3.48. The molecule has 114 valence electrons. The van der Waals surface area contributed by atoms with Gasteiger partial charge in [-0.25, -0.2) is 4.39 Å². The summed E-state index contributed by atoms with van der Waals surface area (Å²) >= 11 is 0. The predicted molar refractivity (Wildman–Crippen MR) is 78.5 cm³/mol. The molecule has 2 aliphatic rings. The summed E-state index contributed by atoms with van der Waals surface area (Å²) in [6, 6.07) is 4.86. The van der Waals surface area contributed by atoms with Crippen molar-refractivity contribution in [1.82, 2.24) is 5.32 Å². The lowest BCUT2D eigenvalue weighted by Gasteiger charge is -2.43. The van der Waals surface area contributed by atoms with E-state index in [2.05, 4.69) is 10.2 Å². The number of aliphatic hydroxyl groups is 1. The summed E-state index contributed by atoms with van der Waals surface area (Å²) in [5.41, 5.74) is 1.54. The Labute approximate surface area is 124 Å². The summed E-state index contributed by atoms with van der Waals surface area (Å²) in [7, 11) is 0. The molecule has 2 heterocycles. The van der Waals surface area contributed by atoms with Crippen molar-refractivity contribution in [2.24, 2.45) is 5.92 Å². The molecule has 21 heavy (non-hydrogen) atoms. The van der Waals surface area contributed by atoms with Gasteiger partial charge in [-0.2, -0.15) is 0 Å². The van der Waals surface area contributed by atoms with Gasteiger partial charge in [0.15, 0.2) is 0 Å². The molecule has 3 rings (SSSR count). The number of fused-ring (bicyclic) bond motifs is 1. The number of nitrogens with one attached hydrogen (secondary N) is 1. The minimum absolute atomic E-state index is 0.149. The summed E-state index contributed by atoms with van der Waals surface area (Å²) < 4.78 is 13.4. The number of amides is 1. The van der Waals surface area contributed by atoms with E-state index in [1.165, 1.54) is 12.1 Å². The van der Waals surface area contributed by atoms with E-state index >= 15 is 0 Å². The van der Waals surface area contributed by atoms with Crippen LogP contribution in [0.1, 0.15) is 37.9 Å². The fraction of sp³-hybridized carbons (Fsp3) is 0.562. The SMILES string of the molecule is C[C@H](O)c1cc(F)ccc1N1CCC2NC(=O)CCC2C1. The van der Waals surface area contributed by atoms with Crippen molar-refractivity contribution in [1.29, 1.82) is 0 Å². The number of carbonyl (C=O) groups is 1. The van der Waals surface area contributed by atoms with Crippen LogP contribution in [0.4, 0.5) is 10.1 Å². The molecule has 0 radical (unpaired) electrons. The normalized spacial score (nSPS) is 27.0. The summed E-state index contributed by atoms with van der Waals surface area (Å²) in [6.45, 7) is 3.31. The molecular weight excluding hydrogens is 271 g/mol. The molecule has 1 aromatic carbocycles. The molecule has 0 aromatic heterocycles. The van der Waals surface area contributed by atoms with E-state index in [0.29, 0.717) is 17.9 Å². The van der Waals surface area contributed by atoms with Gasteiger partial charge < -0.3 is 15.3 Å². The fourth-order valence-electron chi connectivity index (χ4n) is 3.48. The van der Waals surface area contributed by atoms with Gasteiger partial charge in [0.1, 0.15) is 5.82 Å². The number of nitrogens with zero attached hydrogens (tertiary/aromatic N) is 1. The van der Waals surface area contributed by atoms with Gasteiger partial charge in [0.25, 0.3) is 0 Å². The van der Waals surface area contributed by atoms with Crippen LogP contribution in [0.5, 0.6) is 0 Å². The monoisotopic (exact) mass is 292 g/mol. The highest BCUT2D eigenvalue weighted by Gasteiger charge is 2.34. The molecular formula is C16H21FN2O2. The molecule has 1 amide bonds. The number of anilines is 1. The Morgan fingerprint density at radius 1 is 1.43 bits per heavy atom. The lowest BCUT2D eigenvalue weighted by molar-refractivity contribution is -0.124. The second-order valence-electron chi connectivity index (χ2n) is 6.09. The zero-order valence-corrected chi connectivity index (χ0v) is 12.2. The third-order valence-electron chi connectivity index (χ3n) is 4.60. The second-order valence-corrected chi connectivity index (χ2v) is 6.09. The van der Waals surface area contributed by atoms with Crippen LogP contribution in [0.25, 0.3) is 0 Å². The van der Waals surface area contributed by atoms with Gasteiger partial charge in [0.2, 0.25) is 5.91 Å². The van der Waals surface area contributed by atoms with Crippen molar-refractivity contribution < 1.29 is 14.3 Å². The molecule has 4 nitrogen and oxygen atoms in total. The molecule has 0 aliphatic carbocycles. The van der Waals surface area contributed by atoms with Crippen molar-refractivity contribution >= 4 is 11.6 Å². The van der Waals surface area contributed by atoms with Gasteiger partial charge in [-0.05, 0) is 43.9 Å². The number of hydrogen-bond donors (Lipinski definition) is 2. The van der Waals surface area contributed by atoms with Crippen molar-refractivity contribution in [3.63, 3.8) is 0 Å². The summed E-state index contributed by atoms with van der Waals surface area (Å²) in [6.07, 6.45) is 1.69. The number of piperidine rings is 2. The molecule has 2 aliphatic heterocycles. The third kappa shape index (κ3) is 2.88. The zero-order valence-electron chi connectivity index (χ0n) is 12.2. The lowest BCUT2D eigenvalue weighted by Crippen LogP contribution is -2.54. The van der Waals surface area contributed by atoms with Crippen molar-refractivity contribution in [2.75, 3.05) is 18.0 Å². The standard InChI is InChI=1S/C16H21FN2O2/c1-10(20)13-8-12(17)3-4-15(13)19-7-6-14-11(9-19)2-5-16(21)18-14/h3-4,8,10-11,14,20H,2,5-7,9H2,1H3,(H,18,21)/t10-,11?,14?/m0/s1. The van der Waals surface area contributed by atoms with E-state index in [0.717, 1.165) is 31.6 Å². The van der Waals surface area contributed by atoms with Crippen LogP contribution in [0.3, 0.4) is 0 Å². The van der Waals surface area contributed by atoms with Gasteiger partial charge in [0.05, 0.1) is 6.10 Å². The largest absolute Gasteiger partial charge is 0.389 e. The maximum atomic E-state index is 13.4. The van der Waals surface area contributed by atoms with Crippen LogP contribution >= 0.6 is 0 Å². The van der Waals surface area contributed by atoms with E-state index < -0.39 is 6.10 Å². The number of carbonyl (C=O) groups excluding carboxylic acids is 1. The highest BCUT2D eigenvalue weighted by atomic mass is 19.1.